The molecule has 0 spiro atoms. The highest BCUT2D eigenvalue weighted by molar-refractivity contribution is 6.33. The fraction of sp³-hybridized carbons (Fsp3) is 0.125. The number of hydrogen-bond donors (Lipinski definition) is 2. The maximum atomic E-state index is 13.0. The fourth-order valence-electron chi connectivity index (χ4n) is 0.949. The van der Waals surface area contributed by atoms with Gasteiger partial charge >= 0.3 is 5.97 Å². The number of nitrogens with zero attached hydrogens (tertiary/aromatic N) is 1. The molecule has 0 amide bonds. The van der Waals surface area contributed by atoms with Gasteiger partial charge in [-0.25, -0.2) is 9.18 Å². The van der Waals surface area contributed by atoms with E-state index in [-0.39, 0.29) is 10.7 Å². The summed E-state index contributed by atoms with van der Waals surface area (Å²) in [6.07, 6.45) is 0. The van der Waals surface area contributed by atoms with Crippen LogP contribution < -0.4 is 5.06 Å². The summed E-state index contributed by atoms with van der Waals surface area (Å²) >= 11 is 5.57. The zero-order valence-corrected chi connectivity index (χ0v) is 7.92. The van der Waals surface area contributed by atoms with Crippen LogP contribution in [-0.4, -0.2) is 23.3 Å². The van der Waals surface area contributed by atoms with Gasteiger partial charge in [0.15, 0.2) is 0 Å². The first-order chi connectivity index (χ1) is 6.43. The summed E-state index contributed by atoms with van der Waals surface area (Å²) in [6, 6.07) is 1.80. The first kappa shape index (κ1) is 10.7. The number of hydrogen-bond acceptors (Lipinski definition) is 3. The molecule has 0 heterocycles. The Labute approximate surface area is 84.1 Å². The lowest BCUT2D eigenvalue weighted by Gasteiger charge is -2.13. The minimum Gasteiger partial charge on any atom is -0.478 e. The van der Waals surface area contributed by atoms with E-state index in [1.165, 1.54) is 7.05 Å². The van der Waals surface area contributed by atoms with E-state index >= 15 is 0 Å². The van der Waals surface area contributed by atoms with Crippen LogP contribution in [0.1, 0.15) is 10.4 Å². The number of hydroxylamine groups is 1. The van der Waals surface area contributed by atoms with Gasteiger partial charge in [0.25, 0.3) is 0 Å². The molecule has 0 aromatic heterocycles. The molecule has 0 radical (unpaired) electrons. The molecule has 2 N–H and O–H groups in total. The van der Waals surface area contributed by atoms with E-state index < -0.39 is 17.3 Å². The van der Waals surface area contributed by atoms with Gasteiger partial charge in [-0.3, -0.25) is 10.3 Å². The van der Waals surface area contributed by atoms with Gasteiger partial charge in [-0.05, 0) is 12.1 Å². The van der Waals surface area contributed by atoms with E-state index in [0.717, 1.165) is 12.1 Å². The van der Waals surface area contributed by atoms with Gasteiger partial charge < -0.3 is 5.11 Å². The second-order valence-corrected chi connectivity index (χ2v) is 3.02. The molecular weight excluding hydrogens is 213 g/mol. The van der Waals surface area contributed by atoms with Crippen LogP contribution in [0.25, 0.3) is 0 Å². The van der Waals surface area contributed by atoms with Crippen molar-refractivity contribution >= 4 is 23.3 Å². The number of halogens is 2. The predicted molar refractivity (Wildman–Crippen MR) is 48.6 cm³/mol. The lowest BCUT2D eigenvalue weighted by atomic mass is 10.2. The van der Waals surface area contributed by atoms with Crippen LogP contribution in [0.15, 0.2) is 12.1 Å². The standard InChI is InChI=1S/C8H7ClFNO3/c1-11(14)7-2-4(8(12)13)6(10)3-5(7)9/h2-3,14H,1H3,(H,12,13). The van der Waals surface area contributed by atoms with E-state index in [2.05, 4.69) is 0 Å². The van der Waals surface area contributed by atoms with Crippen molar-refractivity contribution in [1.82, 2.24) is 0 Å². The van der Waals surface area contributed by atoms with E-state index in [1.54, 1.807) is 0 Å². The molecule has 0 bridgehead atoms. The van der Waals surface area contributed by atoms with E-state index in [1.807, 2.05) is 0 Å². The second kappa shape index (κ2) is 3.81. The third kappa shape index (κ3) is 1.94. The molecule has 1 rings (SSSR count). The van der Waals surface area contributed by atoms with Crippen molar-refractivity contribution in [2.24, 2.45) is 0 Å². The van der Waals surface area contributed by atoms with Crippen molar-refractivity contribution < 1.29 is 19.5 Å². The van der Waals surface area contributed by atoms with Crippen LogP contribution in [0.2, 0.25) is 5.02 Å². The van der Waals surface area contributed by atoms with E-state index in [4.69, 9.17) is 21.9 Å². The van der Waals surface area contributed by atoms with Crippen LogP contribution in [0.4, 0.5) is 10.1 Å². The molecule has 6 heteroatoms. The third-order valence-corrected chi connectivity index (χ3v) is 1.92. The van der Waals surface area contributed by atoms with Gasteiger partial charge in [-0.2, -0.15) is 0 Å². The Kier molecular flexibility index (Phi) is 2.93. The first-order valence-electron chi connectivity index (χ1n) is 3.58. The molecule has 0 unspecified atom stereocenters. The van der Waals surface area contributed by atoms with Gasteiger partial charge in [0, 0.05) is 7.05 Å². The summed E-state index contributed by atoms with van der Waals surface area (Å²) in [6.45, 7) is 0. The van der Waals surface area contributed by atoms with Gasteiger partial charge in [0.1, 0.15) is 5.82 Å². The molecule has 14 heavy (non-hydrogen) atoms. The number of carboxylic acids is 1. The Morgan fingerprint density at radius 3 is 2.57 bits per heavy atom. The molecule has 0 aliphatic heterocycles. The number of anilines is 1. The average Bonchev–Trinajstić information content (AvgIpc) is 2.02. The summed E-state index contributed by atoms with van der Waals surface area (Å²) in [5.41, 5.74) is -0.504. The van der Waals surface area contributed by atoms with E-state index in [0.29, 0.717) is 5.06 Å². The number of carboxylic acid groups (broad SMARTS) is 1. The SMILES string of the molecule is CN(O)c1cc(C(=O)O)c(F)cc1Cl. The average molecular weight is 220 g/mol. The minimum atomic E-state index is -1.41. The number of benzene rings is 1. The Morgan fingerprint density at radius 2 is 2.14 bits per heavy atom. The third-order valence-electron chi connectivity index (χ3n) is 1.62. The molecule has 0 atom stereocenters. The first-order valence-corrected chi connectivity index (χ1v) is 3.96. The van der Waals surface area contributed by atoms with Crippen LogP contribution in [0.3, 0.4) is 0 Å². The summed E-state index contributed by atoms with van der Waals surface area (Å²) < 4.78 is 13.0. The summed E-state index contributed by atoms with van der Waals surface area (Å²) in [5.74, 6) is -2.35. The smallest absolute Gasteiger partial charge is 0.338 e. The van der Waals surface area contributed by atoms with Crippen LogP contribution >= 0.6 is 11.6 Å². The number of carbonyl (C=O) groups is 1. The van der Waals surface area contributed by atoms with Crippen molar-refractivity contribution in [3.8, 4) is 0 Å². The van der Waals surface area contributed by atoms with Gasteiger partial charge in [-0.1, -0.05) is 11.6 Å². The summed E-state index contributed by atoms with van der Waals surface area (Å²) in [5, 5.41) is 18.2. The molecule has 0 aliphatic carbocycles. The Morgan fingerprint density at radius 1 is 1.57 bits per heavy atom. The van der Waals surface area contributed by atoms with E-state index in [9.17, 15) is 9.18 Å². The Hall–Kier alpha value is -1.33. The maximum absolute atomic E-state index is 13.0. The number of rotatable bonds is 2. The topological polar surface area (TPSA) is 60.8 Å². The quantitative estimate of drug-likeness (QED) is 0.747. The van der Waals surface area contributed by atoms with Crippen molar-refractivity contribution in [2.45, 2.75) is 0 Å². The summed E-state index contributed by atoms with van der Waals surface area (Å²) in [4.78, 5) is 10.5. The Bertz CT molecular complexity index is 381. The fourth-order valence-corrected chi connectivity index (χ4v) is 1.22. The van der Waals surface area contributed by atoms with Crippen molar-refractivity contribution in [2.75, 3.05) is 12.1 Å². The van der Waals surface area contributed by atoms with Gasteiger partial charge in [0.05, 0.1) is 16.3 Å². The predicted octanol–water partition coefficient (Wildman–Crippen LogP) is 2.00. The van der Waals surface area contributed by atoms with Crippen LogP contribution in [0.5, 0.6) is 0 Å². The zero-order valence-electron chi connectivity index (χ0n) is 7.16. The second-order valence-electron chi connectivity index (χ2n) is 2.61. The summed E-state index contributed by atoms with van der Waals surface area (Å²) in [7, 11) is 1.25. The molecule has 0 saturated heterocycles. The molecule has 0 fully saturated rings. The largest absolute Gasteiger partial charge is 0.478 e. The maximum Gasteiger partial charge on any atom is 0.338 e. The van der Waals surface area contributed by atoms with Gasteiger partial charge in [0.2, 0.25) is 0 Å². The lowest BCUT2D eigenvalue weighted by molar-refractivity contribution is 0.0692. The monoisotopic (exact) mass is 219 g/mol. The molecule has 1 aromatic rings. The van der Waals surface area contributed by atoms with Crippen LogP contribution in [0, 0.1) is 5.82 Å². The number of aromatic carboxylic acids is 1. The molecular formula is C8H7ClFNO3. The molecule has 0 saturated carbocycles. The zero-order chi connectivity index (χ0) is 10.9. The normalized spacial score (nSPS) is 10.0. The molecule has 1 aromatic carbocycles. The van der Waals surface area contributed by atoms with Crippen molar-refractivity contribution in [3.63, 3.8) is 0 Å². The molecule has 0 aliphatic rings. The lowest BCUT2D eigenvalue weighted by Crippen LogP contribution is -2.12. The van der Waals surface area contributed by atoms with Crippen LogP contribution in [-0.2, 0) is 0 Å². The highest BCUT2D eigenvalue weighted by atomic mass is 35.5. The minimum absolute atomic E-state index is 0.0328. The molecule has 76 valence electrons. The van der Waals surface area contributed by atoms with Crippen molar-refractivity contribution in [1.29, 1.82) is 0 Å². The van der Waals surface area contributed by atoms with Gasteiger partial charge in [-0.15, -0.1) is 0 Å². The highest BCUT2D eigenvalue weighted by Gasteiger charge is 2.15. The molecule has 4 nitrogen and oxygen atoms in total. The van der Waals surface area contributed by atoms with Crippen molar-refractivity contribution in [3.05, 3.63) is 28.5 Å². The Balaban J connectivity index is 3.34. The highest BCUT2D eigenvalue weighted by Crippen LogP contribution is 2.27.